The molecule has 3 heterocycles. The van der Waals surface area contributed by atoms with Gasteiger partial charge in [-0.05, 0) is 42.8 Å². The van der Waals surface area contributed by atoms with Gasteiger partial charge in [0.05, 0.1) is 24.2 Å². The number of aromatic nitrogens is 4. The zero-order valence-electron chi connectivity index (χ0n) is 16.7. The Kier molecular flexibility index (Phi) is 5.28. The summed E-state index contributed by atoms with van der Waals surface area (Å²) >= 11 is 0. The SMILES string of the molecule is O=C(c1ccc(Oc2nccnc2OCC2CCOC2)cc1)c1nc2ccccc2[nH]1. The Bertz CT molecular complexity index is 1170. The largest absolute Gasteiger partial charge is 0.473 e. The van der Waals surface area contributed by atoms with Crippen LogP contribution in [0.3, 0.4) is 0 Å². The normalized spacial score (nSPS) is 15.8. The molecule has 1 N–H and O–H groups in total. The molecule has 8 heteroatoms. The van der Waals surface area contributed by atoms with Crippen molar-refractivity contribution in [3.8, 4) is 17.5 Å². The summed E-state index contributed by atoms with van der Waals surface area (Å²) in [6.45, 7) is 1.95. The minimum absolute atomic E-state index is 0.190. The summed E-state index contributed by atoms with van der Waals surface area (Å²) < 4.78 is 17.0. The van der Waals surface area contributed by atoms with Crippen LogP contribution in [-0.2, 0) is 4.74 Å². The summed E-state index contributed by atoms with van der Waals surface area (Å²) in [5.74, 6) is 1.59. The topological polar surface area (TPSA) is 99.2 Å². The Labute approximate surface area is 178 Å². The monoisotopic (exact) mass is 416 g/mol. The first kappa shape index (κ1) is 19.2. The average molecular weight is 416 g/mol. The van der Waals surface area contributed by atoms with Gasteiger partial charge in [0.15, 0.2) is 5.82 Å². The Morgan fingerprint density at radius 1 is 1.06 bits per heavy atom. The fraction of sp³-hybridized carbons (Fsp3) is 0.217. The van der Waals surface area contributed by atoms with Crippen molar-refractivity contribution in [2.24, 2.45) is 5.92 Å². The van der Waals surface area contributed by atoms with Crippen molar-refractivity contribution in [2.75, 3.05) is 19.8 Å². The zero-order chi connectivity index (χ0) is 21.0. The van der Waals surface area contributed by atoms with Crippen LogP contribution in [0.15, 0.2) is 60.9 Å². The Hall–Kier alpha value is -3.78. The summed E-state index contributed by atoms with van der Waals surface area (Å²) in [4.78, 5) is 28.6. The van der Waals surface area contributed by atoms with Crippen molar-refractivity contribution in [3.63, 3.8) is 0 Å². The summed E-state index contributed by atoms with van der Waals surface area (Å²) in [6, 6.07) is 14.3. The summed E-state index contributed by atoms with van der Waals surface area (Å²) in [5, 5.41) is 0. The number of para-hydroxylation sites is 2. The minimum Gasteiger partial charge on any atom is -0.473 e. The lowest BCUT2D eigenvalue weighted by Gasteiger charge is -2.12. The molecule has 2 aromatic carbocycles. The molecule has 1 fully saturated rings. The van der Waals surface area contributed by atoms with E-state index in [1.807, 2.05) is 24.3 Å². The maximum atomic E-state index is 12.8. The smallest absolute Gasteiger partial charge is 0.283 e. The van der Waals surface area contributed by atoms with E-state index in [9.17, 15) is 4.79 Å². The van der Waals surface area contributed by atoms with Crippen molar-refractivity contribution >= 4 is 16.8 Å². The molecule has 1 aliphatic rings. The van der Waals surface area contributed by atoms with E-state index in [1.54, 1.807) is 36.7 Å². The number of imidazole rings is 1. The molecule has 31 heavy (non-hydrogen) atoms. The Morgan fingerprint density at radius 3 is 2.65 bits per heavy atom. The fourth-order valence-electron chi connectivity index (χ4n) is 3.38. The quantitative estimate of drug-likeness (QED) is 0.458. The number of rotatable bonds is 7. The highest BCUT2D eigenvalue weighted by atomic mass is 16.5. The van der Waals surface area contributed by atoms with Gasteiger partial charge in [0.2, 0.25) is 5.78 Å². The van der Waals surface area contributed by atoms with Crippen LogP contribution in [0.5, 0.6) is 17.5 Å². The standard InChI is InChI=1S/C23H20N4O4/c28-20(21-26-18-3-1-2-4-19(18)27-21)16-5-7-17(8-6-16)31-23-22(24-10-11-25-23)30-14-15-9-12-29-13-15/h1-8,10-11,15H,9,12-14H2,(H,26,27). The molecule has 1 unspecified atom stereocenters. The third kappa shape index (κ3) is 4.24. The second kappa shape index (κ2) is 8.53. The fourth-order valence-corrected chi connectivity index (χ4v) is 3.38. The number of carbonyl (C=O) groups is 1. The molecule has 1 aliphatic heterocycles. The van der Waals surface area contributed by atoms with Gasteiger partial charge in [0, 0.05) is 30.5 Å². The second-order valence-corrected chi connectivity index (χ2v) is 7.27. The Balaban J connectivity index is 1.28. The molecule has 0 spiro atoms. The zero-order valence-corrected chi connectivity index (χ0v) is 16.7. The molecule has 0 aliphatic carbocycles. The van der Waals surface area contributed by atoms with Gasteiger partial charge in [-0.3, -0.25) is 4.79 Å². The minimum atomic E-state index is -0.190. The van der Waals surface area contributed by atoms with Gasteiger partial charge in [-0.1, -0.05) is 12.1 Å². The van der Waals surface area contributed by atoms with Crippen LogP contribution in [0.25, 0.3) is 11.0 Å². The van der Waals surface area contributed by atoms with E-state index in [2.05, 4.69) is 19.9 Å². The van der Waals surface area contributed by atoms with Gasteiger partial charge in [-0.2, -0.15) is 0 Å². The van der Waals surface area contributed by atoms with Crippen molar-refractivity contribution in [1.29, 1.82) is 0 Å². The van der Waals surface area contributed by atoms with Crippen LogP contribution in [0.1, 0.15) is 22.6 Å². The van der Waals surface area contributed by atoms with Crippen molar-refractivity contribution < 1.29 is 19.0 Å². The number of hydrogen-bond acceptors (Lipinski definition) is 7. The average Bonchev–Trinajstić information content (AvgIpc) is 3.48. The molecule has 0 bridgehead atoms. The highest BCUT2D eigenvalue weighted by Gasteiger charge is 2.19. The summed E-state index contributed by atoms with van der Waals surface area (Å²) in [7, 11) is 0. The molecule has 0 saturated carbocycles. The number of fused-ring (bicyclic) bond motifs is 1. The van der Waals surface area contributed by atoms with Gasteiger partial charge in [0.25, 0.3) is 11.8 Å². The summed E-state index contributed by atoms with van der Waals surface area (Å²) in [5.41, 5.74) is 2.08. The third-order valence-electron chi connectivity index (χ3n) is 5.05. The van der Waals surface area contributed by atoms with Crippen LogP contribution in [0.2, 0.25) is 0 Å². The van der Waals surface area contributed by atoms with E-state index < -0.39 is 0 Å². The number of hydrogen-bond donors (Lipinski definition) is 1. The lowest BCUT2D eigenvalue weighted by Crippen LogP contribution is -2.13. The van der Waals surface area contributed by atoms with Crippen LogP contribution >= 0.6 is 0 Å². The number of H-pyrrole nitrogens is 1. The van der Waals surface area contributed by atoms with E-state index in [0.29, 0.717) is 42.1 Å². The van der Waals surface area contributed by atoms with Crippen LogP contribution in [-0.4, -0.2) is 45.5 Å². The highest BCUT2D eigenvalue weighted by Crippen LogP contribution is 2.28. The molecule has 5 rings (SSSR count). The number of ketones is 1. The number of aromatic amines is 1. The van der Waals surface area contributed by atoms with Crippen molar-refractivity contribution in [3.05, 3.63) is 72.3 Å². The van der Waals surface area contributed by atoms with Crippen molar-refractivity contribution in [1.82, 2.24) is 19.9 Å². The molecule has 156 valence electrons. The first-order chi connectivity index (χ1) is 15.3. The van der Waals surface area contributed by atoms with Gasteiger partial charge < -0.3 is 19.2 Å². The maximum absolute atomic E-state index is 12.8. The molecule has 0 amide bonds. The number of benzene rings is 2. The molecule has 0 radical (unpaired) electrons. The number of ether oxygens (including phenoxy) is 3. The van der Waals surface area contributed by atoms with Crippen LogP contribution in [0, 0.1) is 5.92 Å². The molecule has 2 aromatic heterocycles. The van der Waals surface area contributed by atoms with Crippen LogP contribution < -0.4 is 9.47 Å². The van der Waals surface area contributed by atoms with E-state index in [1.165, 1.54) is 0 Å². The first-order valence-corrected chi connectivity index (χ1v) is 10.1. The molecule has 1 saturated heterocycles. The second-order valence-electron chi connectivity index (χ2n) is 7.27. The highest BCUT2D eigenvalue weighted by molar-refractivity contribution is 6.08. The predicted octanol–water partition coefficient (Wildman–Crippen LogP) is 3.79. The first-order valence-electron chi connectivity index (χ1n) is 10.1. The Morgan fingerprint density at radius 2 is 1.87 bits per heavy atom. The molecular weight excluding hydrogens is 396 g/mol. The number of nitrogens with one attached hydrogen (secondary N) is 1. The molecular formula is C23H20N4O4. The van der Waals surface area contributed by atoms with Gasteiger partial charge in [-0.15, -0.1) is 0 Å². The van der Waals surface area contributed by atoms with Gasteiger partial charge in [-0.25, -0.2) is 15.0 Å². The lowest BCUT2D eigenvalue weighted by atomic mass is 10.1. The third-order valence-corrected chi connectivity index (χ3v) is 5.05. The predicted molar refractivity (Wildman–Crippen MR) is 112 cm³/mol. The van der Waals surface area contributed by atoms with E-state index >= 15 is 0 Å². The van der Waals surface area contributed by atoms with E-state index in [4.69, 9.17) is 14.2 Å². The van der Waals surface area contributed by atoms with Crippen LogP contribution in [0.4, 0.5) is 0 Å². The van der Waals surface area contributed by atoms with Gasteiger partial charge >= 0.3 is 0 Å². The van der Waals surface area contributed by atoms with Gasteiger partial charge in [0.1, 0.15) is 5.75 Å². The lowest BCUT2D eigenvalue weighted by molar-refractivity contribution is 0.103. The van der Waals surface area contributed by atoms with E-state index in [-0.39, 0.29) is 11.7 Å². The maximum Gasteiger partial charge on any atom is 0.283 e. The molecule has 4 aromatic rings. The van der Waals surface area contributed by atoms with E-state index in [0.717, 1.165) is 24.1 Å². The van der Waals surface area contributed by atoms with Crippen molar-refractivity contribution in [2.45, 2.75) is 6.42 Å². The molecule has 1 atom stereocenters. The number of carbonyl (C=O) groups excluding carboxylic acids is 1. The molecule has 8 nitrogen and oxygen atoms in total. The number of nitrogens with zero attached hydrogens (tertiary/aromatic N) is 3. The summed E-state index contributed by atoms with van der Waals surface area (Å²) in [6.07, 6.45) is 4.07.